The Morgan fingerprint density at radius 2 is 2.00 bits per heavy atom. The number of nitrogens with one attached hydrogen (secondary N) is 1. The number of hydrogen-bond acceptors (Lipinski definition) is 4. The van der Waals surface area contributed by atoms with Crippen LogP contribution in [0.5, 0.6) is 0 Å². The number of rotatable bonds is 3. The number of nitrogens with zero attached hydrogens (tertiary/aromatic N) is 1. The summed E-state index contributed by atoms with van der Waals surface area (Å²) in [5.74, 6) is -0.215. The zero-order chi connectivity index (χ0) is 13.4. The summed E-state index contributed by atoms with van der Waals surface area (Å²) in [5.41, 5.74) is 3.56. The number of nitro groups is 1. The van der Waals surface area contributed by atoms with Gasteiger partial charge in [-0.2, -0.15) is 0 Å². The number of aryl methyl sites for hydroxylation is 1. The number of hydrogen-bond donors (Lipinski definition) is 2. The molecule has 0 bridgehead atoms. The zero-order valence-electron chi connectivity index (χ0n) is 10.4. The van der Waals surface area contributed by atoms with Crippen LogP contribution >= 0.6 is 0 Å². The van der Waals surface area contributed by atoms with Gasteiger partial charge in [-0.3, -0.25) is 10.1 Å². The molecular formula is C12H14N2O4. The minimum atomic E-state index is -1.02. The van der Waals surface area contributed by atoms with E-state index in [9.17, 15) is 15.2 Å². The van der Waals surface area contributed by atoms with Crippen LogP contribution in [0.2, 0.25) is 0 Å². The first-order valence-electron chi connectivity index (χ1n) is 5.49. The fourth-order valence-corrected chi connectivity index (χ4v) is 1.88. The van der Waals surface area contributed by atoms with Gasteiger partial charge in [0.15, 0.2) is 6.10 Å². The summed E-state index contributed by atoms with van der Waals surface area (Å²) in [7, 11) is 0. The molecule has 0 aliphatic heterocycles. The van der Waals surface area contributed by atoms with E-state index in [-0.39, 0.29) is 11.6 Å². The van der Waals surface area contributed by atoms with Crippen LogP contribution in [0, 0.1) is 30.9 Å². The molecule has 18 heavy (non-hydrogen) atoms. The third-order valence-corrected chi connectivity index (χ3v) is 3.19. The molecule has 2 rings (SSSR count). The van der Waals surface area contributed by atoms with Gasteiger partial charge in [0, 0.05) is 5.69 Å². The maximum absolute atomic E-state index is 10.5. The molecule has 1 atom stereocenters. The summed E-state index contributed by atoms with van der Waals surface area (Å²) in [4.78, 5) is 13.0. The highest BCUT2D eigenvalue weighted by Gasteiger charge is 2.23. The van der Waals surface area contributed by atoms with Gasteiger partial charge in [-0.05, 0) is 38.0 Å². The van der Waals surface area contributed by atoms with Crippen molar-refractivity contribution in [3.05, 3.63) is 50.5 Å². The molecule has 2 heterocycles. The molecule has 2 aromatic heterocycles. The number of aliphatic hydroxyl groups excluding tert-OH is 1. The molecule has 2 N–H and O–H groups in total. The molecule has 0 spiro atoms. The van der Waals surface area contributed by atoms with Crippen molar-refractivity contribution in [2.45, 2.75) is 26.9 Å². The van der Waals surface area contributed by atoms with Gasteiger partial charge < -0.3 is 14.5 Å². The molecule has 1 unspecified atom stereocenters. The summed E-state index contributed by atoms with van der Waals surface area (Å²) in [6.45, 7) is 5.74. The van der Waals surface area contributed by atoms with Crippen LogP contribution in [0.25, 0.3) is 0 Å². The van der Waals surface area contributed by atoms with Gasteiger partial charge in [0.1, 0.15) is 10.7 Å². The first-order chi connectivity index (χ1) is 8.41. The lowest BCUT2D eigenvalue weighted by molar-refractivity contribution is -0.402. The van der Waals surface area contributed by atoms with Crippen molar-refractivity contribution in [3.8, 4) is 0 Å². The van der Waals surface area contributed by atoms with Crippen molar-refractivity contribution in [2.24, 2.45) is 0 Å². The summed E-state index contributed by atoms with van der Waals surface area (Å²) >= 11 is 0. The number of aromatic amines is 1. The molecule has 0 saturated heterocycles. The van der Waals surface area contributed by atoms with Crippen molar-refractivity contribution >= 4 is 5.88 Å². The van der Waals surface area contributed by atoms with Crippen molar-refractivity contribution in [3.63, 3.8) is 0 Å². The maximum atomic E-state index is 10.5. The molecule has 6 heteroatoms. The molecule has 0 aliphatic rings. The summed E-state index contributed by atoms with van der Waals surface area (Å²) in [6.07, 6.45) is -1.02. The van der Waals surface area contributed by atoms with Crippen molar-refractivity contribution in [1.29, 1.82) is 0 Å². The molecule has 2 aromatic rings. The quantitative estimate of drug-likeness (QED) is 0.646. The Morgan fingerprint density at radius 1 is 1.33 bits per heavy atom. The highest BCUT2D eigenvalue weighted by atomic mass is 16.6. The molecule has 0 aliphatic carbocycles. The average molecular weight is 250 g/mol. The lowest BCUT2D eigenvalue weighted by Crippen LogP contribution is -2.00. The van der Waals surface area contributed by atoms with Gasteiger partial charge in [0.2, 0.25) is 0 Å². The fourth-order valence-electron chi connectivity index (χ4n) is 1.88. The Hall–Kier alpha value is -2.08. The molecule has 0 amide bonds. The van der Waals surface area contributed by atoms with E-state index in [4.69, 9.17) is 4.42 Å². The van der Waals surface area contributed by atoms with Crippen molar-refractivity contribution in [2.75, 3.05) is 0 Å². The first-order valence-corrected chi connectivity index (χ1v) is 5.49. The average Bonchev–Trinajstić information content (AvgIpc) is 2.90. The number of aromatic nitrogens is 1. The van der Waals surface area contributed by atoms with E-state index in [0.29, 0.717) is 5.69 Å². The monoisotopic (exact) mass is 250 g/mol. The Balaban J connectivity index is 2.38. The van der Waals surface area contributed by atoms with Crippen LogP contribution in [-0.2, 0) is 0 Å². The van der Waals surface area contributed by atoms with Gasteiger partial charge in [0.05, 0.1) is 11.8 Å². The van der Waals surface area contributed by atoms with Crippen LogP contribution in [-0.4, -0.2) is 15.0 Å². The summed E-state index contributed by atoms with van der Waals surface area (Å²) in [5, 5.41) is 20.7. The molecule has 6 nitrogen and oxygen atoms in total. The highest BCUT2D eigenvalue weighted by molar-refractivity contribution is 5.38. The molecular weight excluding hydrogens is 236 g/mol. The third kappa shape index (κ3) is 1.91. The minimum absolute atomic E-state index is 0.158. The predicted octanol–water partition coefficient (Wildman–Crippen LogP) is 2.52. The van der Waals surface area contributed by atoms with E-state index in [1.165, 1.54) is 12.1 Å². The standard InChI is InChI=1S/C12H14N2O4/c1-6-7(2)11(13-8(6)3)12(15)9-4-5-10(18-9)14(16)17/h4-5,12-13,15H,1-3H3. The van der Waals surface area contributed by atoms with E-state index in [2.05, 4.69) is 4.98 Å². The van der Waals surface area contributed by atoms with Crippen LogP contribution in [0.3, 0.4) is 0 Å². The lowest BCUT2D eigenvalue weighted by atomic mass is 10.1. The van der Waals surface area contributed by atoms with Crippen LogP contribution in [0.1, 0.15) is 34.4 Å². The normalized spacial score (nSPS) is 12.7. The van der Waals surface area contributed by atoms with Crippen molar-refractivity contribution < 1.29 is 14.4 Å². The van der Waals surface area contributed by atoms with Gasteiger partial charge >= 0.3 is 5.88 Å². The third-order valence-electron chi connectivity index (χ3n) is 3.19. The molecule has 96 valence electrons. The zero-order valence-corrected chi connectivity index (χ0v) is 10.4. The number of aliphatic hydroxyl groups is 1. The van der Waals surface area contributed by atoms with E-state index >= 15 is 0 Å². The SMILES string of the molecule is Cc1[nH]c(C(O)c2ccc([N+](=O)[O-])o2)c(C)c1C. The van der Waals surface area contributed by atoms with Gasteiger partial charge in [0.25, 0.3) is 0 Å². The molecule has 0 radical (unpaired) electrons. The number of H-pyrrole nitrogens is 1. The van der Waals surface area contributed by atoms with E-state index in [1.54, 1.807) is 0 Å². The number of furan rings is 1. The Labute approximate surface area is 103 Å². The Kier molecular flexibility index (Phi) is 2.96. The molecule has 0 saturated carbocycles. The Morgan fingerprint density at radius 3 is 2.44 bits per heavy atom. The van der Waals surface area contributed by atoms with Crippen molar-refractivity contribution in [1.82, 2.24) is 4.98 Å². The van der Waals surface area contributed by atoms with Gasteiger partial charge in [-0.15, -0.1) is 0 Å². The van der Waals surface area contributed by atoms with E-state index < -0.39 is 11.0 Å². The van der Waals surface area contributed by atoms with Gasteiger partial charge in [-0.1, -0.05) is 0 Å². The second kappa shape index (κ2) is 4.30. The lowest BCUT2D eigenvalue weighted by Gasteiger charge is -2.06. The minimum Gasteiger partial charge on any atom is -0.403 e. The van der Waals surface area contributed by atoms with Crippen LogP contribution in [0.15, 0.2) is 16.5 Å². The van der Waals surface area contributed by atoms with E-state index in [0.717, 1.165) is 16.8 Å². The molecule has 0 aromatic carbocycles. The highest BCUT2D eigenvalue weighted by Crippen LogP contribution is 2.30. The van der Waals surface area contributed by atoms with Gasteiger partial charge in [-0.25, -0.2) is 0 Å². The van der Waals surface area contributed by atoms with E-state index in [1.807, 2.05) is 20.8 Å². The topological polar surface area (TPSA) is 92.3 Å². The smallest absolute Gasteiger partial charge is 0.403 e. The summed E-state index contributed by atoms with van der Waals surface area (Å²) in [6, 6.07) is 2.64. The molecule has 0 fully saturated rings. The second-order valence-electron chi connectivity index (χ2n) is 4.25. The first kappa shape index (κ1) is 12.4. The Bertz CT molecular complexity index is 597. The van der Waals surface area contributed by atoms with Crippen LogP contribution < -0.4 is 0 Å². The largest absolute Gasteiger partial charge is 0.433 e. The second-order valence-corrected chi connectivity index (χ2v) is 4.25. The summed E-state index contributed by atoms with van der Waals surface area (Å²) < 4.78 is 5.00. The predicted molar refractivity (Wildman–Crippen MR) is 64.4 cm³/mol. The van der Waals surface area contributed by atoms with Crippen LogP contribution in [0.4, 0.5) is 5.88 Å². The fraction of sp³-hybridized carbons (Fsp3) is 0.333. The maximum Gasteiger partial charge on any atom is 0.433 e.